The smallest absolute Gasteiger partial charge is 0.341 e. The Labute approximate surface area is 201 Å². The number of aryl methyl sites for hydroxylation is 2. The molecule has 0 fully saturated rings. The summed E-state index contributed by atoms with van der Waals surface area (Å²) in [6, 6.07) is 19.2. The van der Waals surface area contributed by atoms with Crippen LogP contribution in [0.3, 0.4) is 0 Å². The summed E-state index contributed by atoms with van der Waals surface area (Å²) < 4.78 is 13.6. The van der Waals surface area contributed by atoms with Crippen molar-refractivity contribution >= 4 is 23.5 Å². The molecule has 0 saturated carbocycles. The Morgan fingerprint density at radius 3 is 2.21 bits per heavy atom. The van der Waals surface area contributed by atoms with E-state index < -0.39 is 12.3 Å². The predicted molar refractivity (Wildman–Crippen MR) is 137 cm³/mol. The van der Waals surface area contributed by atoms with Crippen molar-refractivity contribution in [3.05, 3.63) is 88.7 Å². The fourth-order valence-electron chi connectivity index (χ4n) is 3.61. The van der Waals surface area contributed by atoms with Gasteiger partial charge in [0.05, 0.1) is 11.3 Å². The first kappa shape index (κ1) is 25.0. The zero-order valence-electron chi connectivity index (χ0n) is 21.0. The molecule has 0 bridgehead atoms. The van der Waals surface area contributed by atoms with Crippen LogP contribution in [0.15, 0.2) is 65.7 Å². The highest BCUT2D eigenvalue weighted by molar-refractivity contribution is 6.18. The van der Waals surface area contributed by atoms with E-state index in [-0.39, 0.29) is 5.41 Å². The summed E-state index contributed by atoms with van der Waals surface area (Å²) in [5.74, 6) is 0.0828. The van der Waals surface area contributed by atoms with Crippen LogP contribution in [-0.2, 0) is 21.9 Å². The van der Waals surface area contributed by atoms with Gasteiger partial charge in [-0.15, -0.1) is 0 Å². The number of aromatic nitrogens is 2. The highest BCUT2D eigenvalue weighted by atomic mass is 16.7. The van der Waals surface area contributed by atoms with Gasteiger partial charge in [0.15, 0.2) is 5.76 Å². The molecule has 1 unspecified atom stereocenters. The zero-order valence-corrected chi connectivity index (χ0v) is 21.0. The Kier molecular flexibility index (Phi) is 7.72. The Bertz CT molecular complexity index is 1180. The Balaban J connectivity index is 2.04. The first-order valence-corrected chi connectivity index (χ1v) is 11.3. The lowest BCUT2D eigenvalue weighted by molar-refractivity contribution is -0.0514. The Morgan fingerprint density at radius 1 is 1.03 bits per heavy atom. The number of hydrogen-bond acceptors (Lipinski definition) is 5. The number of rotatable bonds is 7. The van der Waals surface area contributed by atoms with Gasteiger partial charge in [-0.2, -0.15) is 5.10 Å². The number of nitrogens with zero attached hydrogens (tertiary/aromatic N) is 3. The van der Waals surface area contributed by atoms with Crippen LogP contribution in [0.25, 0.3) is 11.3 Å². The van der Waals surface area contributed by atoms with Crippen LogP contribution in [0.4, 0.5) is 0 Å². The third-order valence-corrected chi connectivity index (χ3v) is 5.37. The lowest BCUT2D eigenvalue weighted by atomic mass is 9.86. The molecule has 3 aromatic rings. The second-order valence-electron chi connectivity index (χ2n) is 9.21. The first-order valence-electron chi connectivity index (χ1n) is 11.3. The number of ether oxygens (including phenoxy) is 2. The van der Waals surface area contributed by atoms with E-state index >= 15 is 0 Å². The Morgan fingerprint density at radius 2 is 1.68 bits per heavy atom. The molecular formula is C28H33N3O3. The normalized spacial score (nSPS) is 13.5. The van der Waals surface area contributed by atoms with Crippen molar-refractivity contribution in [1.82, 2.24) is 9.78 Å². The van der Waals surface area contributed by atoms with Gasteiger partial charge in [-0.3, -0.25) is 9.67 Å². The van der Waals surface area contributed by atoms with Crippen LogP contribution in [0.2, 0.25) is 0 Å². The molecule has 0 N–H and O–H groups in total. The molecule has 0 amide bonds. The van der Waals surface area contributed by atoms with Crippen LogP contribution in [0.5, 0.6) is 0 Å². The second-order valence-corrected chi connectivity index (χ2v) is 9.21. The summed E-state index contributed by atoms with van der Waals surface area (Å²) in [5, 5.41) is 4.48. The predicted octanol–water partition coefficient (Wildman–Crippen LogP) is 5.81. The lowest BCUT2D eigenvalue weighted by Crippen LogP contribution is -2.19. The molecular weight excluding hydrogens is 426 g/mol. The summed E-state index contributed by atoms with van der Waals surface area (Å²) in [4.78, 5) is 16.9. The molecule has 178 valence electrons. The van der Waals surface area contributed by atoms with Gasteiger partial charge in [-0.05, 0) is 41.7 Å². The molecule has 1 atom stereocenters. The van der Waals surface area contributed by atoms with Gasteiger partial charge in [0, 0.05) is 32.8 Å². The highest BCUT2D eigenvalue weighted by Gasteiger charge is 2.22. The van der Waals surface area contributed by atoms with E-state index in [0.717, 1.165) is 22.5 Å². The van der Waals surface area contributed by atoms with E-state index in [4.69, 9.17) is 9.47 Å². The van der Waals surface area contributed by atoms with Crippen molar-refractivity contribution in [3.8, 4) is 0 Å². The molecule has 2 aromatic carbocycles. The standard InChI is InChI=1S/C28H33N3O3/c1-19-17-25(31(7)30-19)26(33-20(2)34-27(32)22-11-9-8-10-12-22)24(18-29-6)21-13-15-23(16-14-21)28(3,4)5/h8-18,20H,1-7H3/b26-24-,29-18-. The van der Waals surface area contributed by atoms with Crippen molar-refractivity contribution < 1.29 is 14.3 Å². The van der Waals surface area contributed by atoms with Gasteiger partial charge in [-0.25, -0.2) is 4.79 Å². The molecule has 6 nitrogen and oxygen atoms in total. The number of benzene rings is 2. The van der Waals surface area contributed by atoms with E-state index in [1.165, 1.54) is 5.56 Å². The number of hydrogen-bond donors (Lipinski definition) is 0. The number of carbonyl (C=O) groups excluding carboxylic acids is 1. The van der Waals surface area contributed by atoms with E-state index in [1.807, 2.05) is 26.1 Å². The van der Waals surface area contributed by atoms with Gasteiger partial charge in [-0.1, -0.05) is 63.2 Å². The molecule has 0 aliphatic carbocycles. The molecule has 0 saturated heterocycles. The molecule has 1 aromatic heterocycles. The van der Waals surface area contributed by atoms with Gasteiger partial charge < -0.3 is 9.47 Å². The third kappa shape index (κ3) is 6.01. The summed E-state index contributed by atoms with van der Waals surface area (Å²) in [6.45, 7) is 10.2. The minimum Gasteiger partial charge on any atom is -0.452 e. The summed E-state index contributed by atoms with van der Waals surface area (Å²) in [5.41, 5.74) is 5.06. The summed E-state index contributed by atoms with van der Waals surface area (Å²) in [6.07, 6.45) is 0.919. The van der Waals surface area contributed by atoms with Crippen LogP contribution >= 0.6 is 0 Å². The maximum atomic E-state index is 12.6. The fraction of sp³-hybridized carbons (Fsp3) is 0.321. The molecule has 0 spiro atoms. The first-order chi connectivity index (χ1) is 16.1. The lowest BCUT2D eigenvalue weighted by Gasteiger charge is -2.21. The number of esters is 1. The molecule has 3 rings (SSSR count). The van der Waals surface area contributed by atoms with E-state index in [2.05, 4.69) is 55.1 Å². The van der Waals surface area contributed by atoms with Crippen LogP contribution in [-0.4, -0.2) is 35.3 Å². The largest absolute Gasteiger partial charge is 0.452 e. The van der Waals surface area contributed by atoms with Gasteiger partial charge >= 0.3 is 5.97 Å². The fourth-order valence-corrected chi connectivity index (χ4v) is 3.61. The summed E-state index contributed by atoms with van der Waals surface area (Å²) in [7, 11) is 3.57. The molecule has 1 heterocycles. The highest BCUT2D eigenvalue weighted by Crippen LogP contribution is 2.30. The van der Waals surface area contributed by atoms with E-state index in [9.17, 15) is 4.79 Å². The minimum absolute atomic E-state index is 0.0416. The molecule has 0 radical (unpaired) electrons. The number of aliphatic imine (C=N–C) groups is 1. The molecule has 6 heteroatoms. The molecule has 34 heavy (non-hydrogen) atoms. The zero-order chi connectivity index (χ0) is 24.9. The average Bonchev–Trinajstić information content (AvgIpc) is 3.13. The van der Waals surface area contributed by atoms with Gasteiger partial charge in [0.25, 0.3) is 0 Å². The van der Waals surface area contributed by atoms with Crippen LogP contribution < -0.4 is 0 Å². The number of allylic oxidation sites excluding steroid dienone is 1. The molecule has 0 aliphatic rings. The van der Waals surface area contributed by atoms with Crippen LogP contribution in [0.1, 0.15) is 60.6 Å². The van der Waals surface area contributed by atoms with Gasteiger partial charge in [0.2, 0.25) is 6.29 Å². The maximum Gasteiger partial charge on any atom is 0.341 e. The second kappa shape index (κ2) is 10.5. The van der Waals surface area contributed by atoms with Crippen LogP contribution in [0, 0.1) is 6.92 Å². The van der Waals surface area contributed by atoms with Gasteiger partial charge in [0.1, 0.15) is 5.69 Å². The summed E-state index contributed by atoms with van der Waals surface area (Å²) >= 11 is 0. The van der Waals surface area contributed by atoms with Crippen molar-refractivity contribution in [2.75, 3.05) is 7.05 Å². The van der Waals surface area contributed by atoms with Crippen molar-refractivity contribution in [3.63, 3.8) is 0 Å². The number of carbonyl (C=O) groups is 1. The quantitative estimate of drug-likeness (QED) is 0.193. The third-order valence-electron chi connectivity index (χ3n) is 5.37. The Hall–Kier alpha value is -3.67. The van der Waals surface area contributed by atoms with E-state index in [1.54, 1.807) is 49.1 Å². The molecule has 0 aliphatic heterocycles. The minimum atomic E-state index is -0.841. The van der Waals surface area contributed by atoms with E-state index in [0.29, 0.717) is 11.3 Å². The topological polar surface area (TPSA) is 65.7 Å². The SMILES string of the molecule is C/N=C\C(=C(\OC(C)OC(=O)c1ccccc1)c1cc(C)nn1C)c1ccc(C(C)(C)C)cc1. The van der Waals surface area contributed by atoms with Crippen molar-refractivity contribution in [2.24, 2.45) is 12.0 Å². The van der Waals surface area contributed by atoms with Crippen molar-refractivity contribution in [2.45, 2.75) is 46.3 Å². The van der Waals surface area contributed by atoms with Crippen molar-refractivity contribution in [1.29, 1.82) is 0 Å². The monoisotopic (exact) mass is 459 g/mol. The average molecular weight is 460 g/mol. The maximum absolute atomic E-state index is 12.6.